The molecule has 0 aliphatic heterocycles. The van der Waals surface area contributed by atoms with Crippen molar-refractivity contribution >= 4 is 11.6 Å². The van der Waals surface area contributed by atoms with Gasteiger partial charge < -0.3 is 19.3 Å². The summed E-state index contributed by atoms with van der Waals surface area (Å²) < 4.78 is 11.6. The Kier molecular flexibility index (Phi) is 17.1. The molecule has 2 rings (SSSR count). The van der Waals surface area contributed by atoms with Crippen LogP contribution in [0.4, 0.5) is 0 Å². The van der Waals surface area contributed by atoms with Crippen molar-refractivity contribution in [1.29, 1.82) is 0 Å². The summed E-state index contributed by atoms with van der Waals surface area (Å²) in [7, 11) is 0. The molecule has 0 saturated carbocycles. The first-order chi connectivity index (χ1) is 20.4. The molecule has 0 fully saturated rings. The van der Waals surface area contributed by atoms with E-state index in [4.69, 9.17) is 9.47 Å². The topological polar surface area (TPSA) is 59.1 Å². The lowest BCUT2D eigenvalue weighted by Gasteiger charge is -2.28. The summed E-state index contributed by atoms with van der Waals surface area (Å²) in [5.74, 6) is 1.52. The molecular weight excluding hydrogens is 524 g/mol. The Balaban J connectivity index is 2.22. The molecule has 0 radical (unpaired) electrons. The van der Waals surface area contributed by atoms with Crippen molar-refractivity contribution in [2.75, 3.05) is 52.5 Å². The zero-order valence-corrected chi connectivity index (χ0v) is 27.2. The van der Waals surface area contributed by atoms with Gasteiger partial charge in [-0.2, -0.15) is 0 Å². The van der Waals surface area contributed by atoms with Gasteiger partial charge in [0.05, 0.1) is 13.2 Å². The van der Waals surface area contributed by atoms with Gasteiger partial charge in [-0.15, -0.1) is 0 Å². The fourth-order valence-corrected chi connectivity index (χ4v) is 5.17. The number of carbonyl (C=O) groups is 2. The lowest BCUT2D eigenvalue weighted by Crippen LogP contribution is -2.36. The third kappa shape index (κ3) is 11.9. The van der Waals surface area contributed by atoms with E-state index in [0.717, 1.165) is 63.4 Å². The number of carbonyl (C=O) groups excluding carboxylic acids is 2. The van der Waals surface area contributed by atoms with Crippen molar-refractivity contribution < 1.29 is 19.1 Å². The molecule has 42 heavy (non-hydrogen) atoms. The number of benzene rings is 2. The predicted octanol–water partition coefficient (Wildman–Crippen LogP) is 7.81. The average molecular weight is 581 g/mol. The van der Waals surface area contributed by atoms with Crippen LogP contribution in [0.2, 0.25) is 0 Å². The maximum Gasteiger partial charge on any atom is 0.167 e. The van der Waals surface area contributed by atoms with Gasteiger partial charge >= 0.3 is 0 Å². The third-order valence-corrected chi connectivity index (χ3v) is 8.16. The van der Waals surface area contributed by atoms with Crippen molar-refractivity contribution in [3.05, 3.63) is 59.7 Å². The number of unbranched alkanes of at least 4 members (excludes halogenated alkanes) is 2. The molecule has 0 N–H and O–H groups in total. The van der Waals surface area contributed by atoms with Crippen LogP contribution in [0.25, 0.3) is 0 Å². The first kappa shape index (κ1) is 35.5. The zero-order valence-electron chi connectivity index (χ0n) is 27.2. The summed E-state index contributed by atoms with van der Waals surface area (Å²) in [6.07, 6.45) is 5.52. The van der Waals surface area contributed by atoms with E-state index in [-0.39, 0.29) is 23.4 Å². The van der Waals surface area contributed by atoms with Crippen molar-refractivity contribution in [2.24, 2.45) is 11.8 Å². The Morgan fingerprint density at radius 2 is 0.905 bits per heavy atom. The van der Waals surface area contributed by atoms with Gasteiger partial charge in [0.15, 0.2) is 11.6 Å². The van der Waals surface area contributed by atoms with Crippen LogP contribution in [0.5, 0.6) is 11.5 Å². The van der Waals surface area contributed by atoms with Crippen LogP contribution in [0, 0.1) is 11.8 Å². The minimum Gasteiger partial charge on any atom is -0.494 e. The minimum absolute atomic E-state index is 0.143. The van der Waals surface area contributed by atoms with Crippen molar-refractivity contribution in [2.45, 2.75) is 80.1 Å². The van der Waals surface area contributed by atoms with Crippen molar-refractivity contribution in [3.8, 4) is 11.5 Å². The molecule has 0 saturated heterocycles. The van der Waals surface area contributed by atoms with Crippen LogP contribution in [0.3, 0.4) is 0 Å². The third-order valence-electron chi connectivity index (χ3n) is 8.16. The number of ether oxygens (including phenoxy) is 2. The number of Topliss-reactive ketones (excluding diaryl/α,β-unsaturated/α-hetero) is 2. The fraction of sp³-hybridized carbons (Fsp3) is 0.611. The SMILES string of the molecule is CCCCOc1ccc(C(=O)[C@H](CC[C@H](CN(CC)CC)C(=O)c2ccc(OCCCC)cc2)CN(CC)CC)cc1. The summed E-state index contributed by atoms with van der Waals surface area (Å²) in [5.41, 5.74) is 1.42. The van der Waals surface area contributed by atoms with Crippen LogP contribution in [-0.2, 0) is 0 Å². The molecule has 2 atom stereocenters. The quantitative estimate of drug-likeness (QED) is 0.0987. The standard InChI is InChI=1S/C36H56N2O4/c1-7-13-25-41-33-21-17-29(18-22-33)35(39)31(27-37(9-3)10-4)15-16-32(28-38(11-5)12-6)36(40)30-19-23-34(24-20-30)42-26-14-8-2/h17-24,31-32H,7-16,25-28H2,1-6H3/t31-,32-/m1/s1. The van der Waals surface area contributed by atoms with Gasteiger partial charge in [0.1, 0.15) is 11.5 Å². The second-order valence-corrected chi connectivity index (χ2v) is 11.1. The lowest BCUT2D eigenvalue weighted by atomic mass is 9.86. The second kappa shape index (κ2) is 20.2. The highest BCUT2D eigenvalue weighted by molar-refractivity contribution is 5.99. The largest absolute Gasteiger partial charge is 0.494 e. The minimum atomic E-state index is -0.182. The highest BCUT2D eigenvalue weighted by Crippen LogP contribution is 2.25. The molecule has 2 aromatic carbocycles. The first-order valence-electron chi connectivity index (χ1n) is 16.4. The van der Waals surface area contributed by atoms with Gasteiger partial charge in [0.2, 0.25) is 0 Å². The molecule has 0 aromatic heterocycles. The normalized spacial score (nSPS) is 12.9. The van der Waals surface area contributed by atoms with E-state index in [1.807, 2.05) is 48.5 Å². The van der Waals surface area contributed by atoms with Crippen molar-refractivity contribution in [1.82, 2.24) is 9.80 Å². The van der Waals surface area contributed by atoms with Crippen LogP contribution >= 0.6 is 0 Å². The molecule has 0 aliphatic rings. The van der Waals surface area contributed by atoms with Crippen LogP contribution in [0.15, 0.2) is 48.5 Å². The monoisotopic (exact) mass is 580 g/mol. The number of nitrogens with zero attached hydrogens (tertiary/aromatic N) is 2. The van der Waals surface area contributed by atoms with E-state index in [1.165, 1.54) is 0 Å². The number of ketones is 2. The Morgan fingerprint density at radius 1 is 0.571 bits per heavy atom. The molecule has 234 valence electrons. The molecule has 0 amide bonds. The molecule has 0 aliphatic carbocycles. The highest BCUT2D eigenvalue weighted by Gasteiger charge is 2.27. The van der Waals surface area contributed by atoms with Gasteiger partial charge in [0.25, 0.3) is 0 Å². The molecule has 0 heterocycles. The summed E-state index contributed by atoms with van der Waals surface area (Å²) in [4.78, 5) is 32.3. The Bertz CT molecular complexity index is 930. The van der Waals surface area contributed by atoms with Crippen LogP contribution in [-0.4, -0.2) is 73.8 Å². The van der Waals surface area contributed by atoms with E-state index < -0.39 is 0 Å². The molecule has 0 bridgehead atoms. The van der Waals surface area contributed by atoms with Gasteiger partial charge in [0, 0.05) is 36.1 Å². The summed E-state index contributed by atoms with van der Waals surface area (Å²) in [6.45, 7) is 19.1. The van der Waals surface area contributed by atoms with E-state index in [9.17, 15) is 9.59 Å². The number of rotatable bonds is 23. The molecular formula is C36H56N2O4. The summed E-state index contributed by atoms with van der Waals surface area (Å²) in [6, 6.07) is 15.2. The summed E-state index contributed by atoms with van der Waals surface area (Å²) in [5, 5.41) is 0. The van der Waals surface area contributed by atoms with Crippen molar-refractivity contribution in [3.63, 3.8) is 0 Å². The molecule has 0 unspecified atom stereocenters. The Labute approximate surface area is 255 Å². The molecule has 0 spiro atoms. The number of hydrogen-bond acceptors (Lipinski definition) is 6. The Hall–Kier alpha value is -2.70. The number of hydrogen-bond donors (Lipinski definition) is 0. The molecule has 2 aromatic rings. The molecule has 6 nitrogen and oxygen atoms in total. The van der Waals surface area contributed by atoms with Crippen LogP contribution < -0.4 is 9.47 Å². The van der Waals surface area contributed by atoms with E-state index in [0.29, 0.717) is 50.3 Å². The fourth-order valence-electron chi connectivity index (χ4n) is 5.17. The van der Waals surface area contributed by atoms with Gasteiger partial charge in [-0.3, -0.25) is 9.59 Å². The molecule has 6 heteroatoms. The van der Waals surface area contributed by atoms with Gasteiger partial charge in [-0.25, -0.2) is 0 Å². The predicted molar refractivity (Wildman–Crippen MR) is 174 cm³/mol. The Morgan fingerprint density at radius 3 is 1.19 bits per heavy atom. The van der Waals surface area contributed by atoms with E-state index >= 15 is 0 Å². The van der Waals surface area contributed by atoms with E-state index in [1.54, 1.807) is 0 Å². The van der Waals surface area contributed by atoms with Gasteiger partial charge in [-0.1, -0.05) is 54.4 Å². The second-order valence-electron chi connectivity index (χ2n) is 11.1. The maximum absolute atomic E-state index is 13.8. The highest BCUT2D eigenvalue weighted by atomic mass is 16.5. The summed E-state index contributed by atoms with van der Waals surface area (Å²) >= 11 is 0. The lowest BCUT2D eigenvalue weighted by molar-refractivity contribution is 0.0815. The zero-order chi connectivity index (χ0) is 30.7. The first-order valence-corrected chi connectivity index (χ1v) is 16.4. The average Bonchev–Trinajstić information content (AvgIpc) is 3.03. The van der Waals surface area contributed by atoms with Crippen LogP contribution in [0.1, 0.15) is 101 Å². The van der Waals surface area contributed by atoms with E-state index in [2.05, 4.69) is 51.3 Å². The smallest absolute Gasteiger partial charge is 0.167 e. The maximum atomic E-state index is 13.8. The van der Waals surface area contributed by atoms with Gasteiger partial charge in [-0.05, 0) is 100 Å².